The first-order valence-corrected chi connectivity index (χ1v) is 7.34. The summed E-state index contributed by atoms with van der Waals surface area (Å²) in [6.07, 6.45) is 9.31. The van der Waals surface area contributed by atoms with E-state index in [4.69, 9.17) is 10.3 Å². The zero-order valence-electron chi connectivity index (χ0n) is 11.2. The van der Waals surface area contributed by atoms with Crippen LogP contribution in [0.5, 0.6) is 0 Å². The predicted octanol–water partition coefficient (Wildman–Crippen LogP) is 3.09. The van der Waals surface area contributed by atoms with Crippen molar-refractivity contribution in [2.45, 2.75) is 69.7 Å². The van der Waals surface area contributed by atoms with Gasteiger partial charge in [0.1, 0.15) is 0 Å². The van der Waals surface area contributed by atoms with E-state index in [0.717, 1.165) is 30.5 Å². The van der Waals surface area contributed by atoms with Gasteiger partial charge in [-0.25, -0.2) is 0 Å². The molecule has 0 bridgehead atoms. The number of nitrogens with zero attached hydrogens (tertiary/aromatic N) is 2. The van der Waals surface area contributed by atoms with E-state index in [9.17, 15) is 0 Å². The largest absolute Gasteiger partial charge is 0.339 e. The molecule has 0 saturated heterocycles. The minimum absolute atomic E-state index is 0.336. The Morgan fingerprint density at radius 2 is 2.00 bits per heavy atom. The molecule has 1 heterocycles. The lowest BCUT2D eigenvalue weighted by molar-refractivity contribution is 0.215. The van der Waals surface area contributed by atoms with Crippen molar-refractivity contribution < 1.29 is 4.52 Å². The molecule has 2 fully saturated rings. The van der Waals surface area contributed by atoms with Crippen molar-refractivity contribution >= 4 is 0 Å². The molecule has 0 radical (unpaired) electrons. The van der Waals surface area contributed by atoms with Gasteiger partial charge in [0.05, 0.1) is 5.54 Å². The maximum atomic E-state index is 6.49. The molecular formula is C14H23N3O. The summed E-state index contributed by atoms with van der Waals surface area (Å²) in [6.45, 7) is 2.26. The van der Waals surface area contributed by atoms with Crippen molar-refractivity contribution in [2.24, 2.45) is 11.7 Å². The molecule has 1 aromatic rings. The van der Waals surface area contributed by atoms with Gasteiger partial charge in [-0.3, -0.25) is 0 Å². The second-order valence-electron chi connectivity index (χ2n) is 6.09. The summed E-state index contributed by atoms with van der Waals surface area (Å²) in [6, 6.07) is 0. The van der Waals surface area contributed by atoms with Gasteiger partial charge in [-0.05, 0) is 44.4 Å². The first kappa shape index (κ1) is 12.2. The molecule has 2 aliphatic carbocycles. The topological polar surface area (TPSA) is 64.9 Å². The van der Waals surface area contributed by atoms with Crippen LogP contribution < -0.4 is 5.73 Å². The van der Waals surface area contributed by atoms with Crippen LogP contribution in [0.25, 0.3) is 0 Å². The molecule has 0 spiro atoms. The van der Waals surface area contributed by atoms with Crippen LogP contribution in [-0.2, 0) is 5.54 Å². The highest BCUT2D eigenvalue weighted by Gasteiger charge is 2.38. The fraction of sp³-hybridized carbons (Fsp3) is 0.857. The summed E-state index contributed by atoms with van der Waals surface area (Å²) in [4.78, 5) is 4.58. The van der Waals surface area contributed by atoms with Crippen molar-refractivity contribution in [1.29, 1.82) is 0 Å². The smallest absolute Gasteiger partial charge is 0.229 e. The van der Waals surface area contributed by atoms with E-state index >= 15 is 0 Å². The maximum absolute atomic E-state index is 6.49. The fourth-order valence-corrected chi connectivity index (χ4v) is 3.08. The van der Waals surface area contributed by atoms with Gasteiger partial charge in [-0.2, -0.15) is 4.98 Å². The maximum Gasteiger partial charge on any atom is 0.229 e. The van der Waals surface area contributed by atoms with E-state index in [2.05, 4.69) is 17.1 Å². The molecule has 2 N–H and O–H groups in total. The van der Waals surface area contributed by atoms with Crippen LogP contribution in [0.4, 0.5) is 0 Å². The molecule has 0 unspecified atom stereocenters. The van der Waals surface area contributed by atoms with Gasteiger partial charge in [0.25, 0.3) is 0 Å². The van der Waals surface area contributed by atoms with Crippen LogP contribution in [0, 0.1) is 5.92 Å². The average Bonchev–Trinajstić information content (AvgIpc) is 2.78. The number of nitrogens with two attached hydrogens (primary N) is 1. The van der Waals surface area contributed by atoms with E-state index in [0.29, 0.717) is 5.92 Å². The van der Waals surface area contributed by atoms with E-state index in [1.54, 1.807) is 0 Å². The Morgan fingerprint density at radius 1 is 1.28 bits per heavy atom. The molecule has 2 saturated carbocycles. The van der Waals surface area contributed by atoms with Crippen LogP contribution in [-0.4, -0.2) is 10.1 Å². The molecule has 4 heteroatoms. The molecule has 2 aliphatic rings. The Bertz CT molecular complexity index is 403. The first-order valence-electron chi connectivity index (χ1n) is 7.34. The van der Waals surface area contributed by atoms with Crippen LogP contribution in [0.3, 0.4) is 0 Å². The van der Waals surface area contributed by atoms with Gasteiger partial charge in [-0.1, -0.05) is 24.9 Å². The zero-order valence-corrected chi connectivity index (χ0v) is 11.2. The summed E-state index contributed by atoms with van der Waals surface area (Å²) >= 11 is 0. The second kappa shape index (κ2) is 4.65. The summed E-state index contributed by atoms with van der Waals surface area (Å²) in [7, 11) is 0. The Balaban J connectivity index is 1.71. The summed E-state index contributed by atoms with van der Waals surface area (Å²) in [5, 5.41) is 4.15. The minimum atomic E-state index is -0.336. The van der Waals surface area contributed by atoms with Crippen LogP contribution in [0.1, 0.15) is 75.9 Å². The SMILES string of the molecule is CCC1CCC(N)(c2noc(C3CCC3)n2)CC1. The molecule has 0 amide bonds. The van der Waals surface area contributed by atoms with Crippen molar-refractivity contribution in [1.82, 2.24) is 10.1 Å². The van der Waals surface area contributed by atoms with Gasteiger partial charge in [0, 0.05) is 5.92 Å². The molecule has 18 heavy (non-hydrogen) atoms. The van der Waals surface area contributed by atoms with E-state index in [1.165, 1.54) is 38.5 Å². The van der Waals surface area contributed by atoms with E-state index < -0.39 is 0 Å². The van der Waals surface area contributed by atoms with Gasteiger partial charge < -0.3 is 10.3 Å². The molecule has 1 aromatic heterocycles. The highest BCUT2D eigenvalue weighted by atomic mass is 16.5. The summed E-state index contributed by atoms with van der Waals surface area (Å²) < 4.78 is 5.40. The summed E-state index contributed by atoms with van der Waals surface area (Å²) in [5.41, 5.74) is 6.15. The van der Waals surface area contributed by atoms with Gasteiger partial charge in [0.2, 0.25) is 5.89 Å². The molecule has 0 aliphatic heterocycles. The van der Waals surface area contributed by atoms with E-state index in [-0.39, 0.29) is 5.54 Å². The van der Waals surface area contributed by atoms with E-state index in [1.807, 2.05) is 0 Å². The Kier molecular flexibility index (Phi) is 3.14. The van der Waals surface area contributed by atoms with Gasteiger partial charge >= 0.3 is 0 Å². The zero-order chi connectivity index (χ0) is 12.6. The third-order valence-corrected chi connectivity index (χ3v) is 4.92. The van der Waals surface area contributed by atoms with Crippen molar-refractivity contribution in [3.8, 4) is 0 Å². The van der Waals surface area contributed by atoms with Gasteiger partial charge in [0.15, 0.2) is 5.82 Å². The normalized spacial score (nSPS) is 33.3. The quantitative estimate of drug-likeness (QED) is 0.894. The number of hydrogen-bond donors (Lipinski definition) is 1. The van der Waals surface area contributed by atoms with Crippen LogP contribution in [0.2, 0.25) is 0 Å². The second-order valence-corrected chi connectivity index (χ2v) is 6.09. The average molecular weight is 249 g/mol. The molecule has 4 nitrogen and oxygen atoms in total. The van der Waals surface area contributed by atoms with Crippen LogP contribution >= 0.6 is 0 Å². The monoisotopic (exact) mass is 249 g/mol. The molecule has 0 aromatic carbocycles. The van der Waals surface area contributed by atoms with Gasteiger partial charge in [-0.15, -0.1) is 0 Å². The Labute approximate surface area is 108 Å². The summed E-state index contributed by atoms with van der Waals surface area (Å²) in [5.74, 6) is 2.90. The molecule has 3 rings (SSSR count). The molecule has 100 valence electrons. The standard InChI is InChI=1S/C14H23N3O/c1-2-10-6-8-14(15,9-7-10)13-16-12(18-17-13)11-4-3-5-11/h10-11H,2-9,15H2,1H3. The third kappa shape index (κ3) is 2.07. The molecular weight excluding hydrogens is 226 g/mol. The number of aromatic nitrogens is 2. The Morgan fingerprint density at radius 3 is 2.56 bits per heavy atom. The fourth-order valence-electron chi connectivity index (χ4n) is 3.08. The third-order valence-electron chi connectivity index (χ3n) is 4.92. The highest BCUT2D eigenvalue weighted by molar-refractivity contribution is 5.08. The number of hydrogen-bond acceptors (Lipinski definition) is 4. The highest BCUT2D eigenvalue weighted by Crippen LogP contribution is 2.39. The lowest BCUT2D eigenvalue weighted by atomic mass is 9.76. The van der Waals surface area contributed by atoms with Crippen molar-refractivity contribution in [3.05, 3.63) is 11.7 Å². The van der Waals surface area contributed by atoms with Crippen molar-refractivity contribution in [3.63, 3.8) is 0 Å². The van der Waals surface area contributed by atoms with Crippen LogP contribution in [0.15, 0.2) is 4.52 Å². The molecule has 0 atom stereocenters. The first-order chi connectivity index (χ1) is 8.71. The lowest BCUT2D eigenvalue weighted by Crippen LogP contribution is -2.41. The Hall–Kier alpha value is -0.900. The minimum Gasteiger partial charge on any atom is -0.339 e. The lowest BCUT2D eigenvalue weighted by Gasteiger charge is -2.34. The number of rotatable bonds is 3. The predicted molar refractivity (Wildman–Crippen MR) is 69.0 cm³/mol. The van der Waals surface area contributed by atoms with Crippen molar-refractivity contribution in [2.75, 3.05) is 0 Å².